The van der Waals surface area contributed by atoms with Gasteiger partial charge in [-0.1, -0.05) is 30.3 Å². The van der Waals surface area contributed by atoms with E-state index < -0.39 is 28.9 Å². The van der Waals surface area contributed by atoms with Crippen LogP contribution in [-0.4, -0.2) is 41.1 Å². The van der Waals surface area contributed by atoms with Crippen molar-refractivity contribution in [3.8, 4) is 0 Å². The average Bonchev–Trinajstić information content (AvgIpc) is 3.13. The Balaban J connectivity index is 1.80. The average molecular weight is 377 g/mol. The quantitative estimate of drug-likeness (QED) is 0.619. The fourth-order valence-corrected chi connectivity index (χ4v) is 3.58. The standard InChI is InChI=1S/C19H21F2N3O3/c1-22(10-13-5-3-2-4-6-13)14-7-8-23(11-14)19-15(12-25)18(21)17(24(26)27)9-16(19)20/h2-6,9,14,25H,7-8,10-12H2,1H3. The Morgan fingerprint density at radius 3 is 2.67 bits per heavy atom. The number of aliphatic hydroxyl groups excluding tert-OH is 1. The normalized spacial score (nSPS) is 16.9. The number of anilines is 1. The van der Waals surface area contributed by atoms with E-state index in [4.69, 9.17) is 0 Å². The highest BCUT2D eigenvalue weighted by atomic mass is 19.1. The van der Waals surface area contributed by atoms with Crippen molar-refractivity contribution < 1.29 is 18.8 Å². The molecule has 1 atom stereocenters. The molecule has 1 heterocycles. The van der Waals surface area contributed by atoms with Crippen molar-refractivity contribution in [2.45, 2.75) is 25.6 Å². The lowest BCUT2D eigenvalue weighted by molar-refractivity contribution is -0.387. The molecule has 6 nitrogen and oxygen atoms in total. The number of hydrogen-bond acceptors (Lipinski definition) is 5. The predicted octanol–water partition coefficient (Wildman–Crippen LogP) is 3.08. The summed E-state index contributed by atoms with van der Waals surface area (Å²) in [4.78, 5) is 13.7. The van der Waals surface area contributed by atoms with Gasteiger partial charge in [0.2, 0.25) is 5.82 Å². The SMILES string of the molecule is CN(Cc1ccccc1)C1CCN(c2c(F)cc([N+](=O)[O-])c(F)c2CO)C1. The number of hydrogen-bond donors (Lipinski definition) is 1. The van der Waals surface area contributed by atoms with Crippen molar-refractivity contribution in [3.05, 3.63) is 69.3 Å². The van der Waals surface area contributed by atoms with Crippen LogP contribution >= 0.6 is 0 Å². The van der Waals surface area contributed by atoms with Gasteiger partial charge < -0.3 is 10.0 Å². The van der Waals surface area contributed by atoms with E-state index in [1.807, 2.05) is 37.4 Å². The molecule has 0 amide bonds. The molecular weight excluding hydrogens is 356 g/mol. The summed E-state index contributed by atoms with van der Waals surface area (Å²) < 4.78 is 28.9. The number of nitro benzene ring substituents is 1. The van der Waals surface area contributed by atoms with E-state index in [-0.39, 0.29) is 17.3 Å². The third-order valence-electron chi connectivity index (χ3n) is 5.00. The molecule has 1 N–H and O–H groups in total. The Morgan fingerprint density at radius 1 is 1.33 bits per heavy atom. The van der Waals surface area contributed by atoms with Crippen LogP contribution in [0.2, 0.25) is 0 Å². The molecule has 27 heavy (non-hydrogen) atoms. The van der Waals surface area contributed by atoms with E-state index in [2.05, 4.69) is 4.90 Å². The van der Waals surface area contributed by atoms with Crippen molar-refractivity contribution in [2.24, 2.45) is 0 Å². The molecular formula is C19H21F2N3O3. The van der Waals surface area contributed by atoms with Crippen molar-refractivity contribution in [2.75, 3.05) is 25.0 Å². The minimum Gasteiger partial charge on any atom is -0.391 e. The van der Waals surface area contributed by atoms with Gasteiger partial charge in [0, 0.05) is 31.2 Å². The lowest BCUT2D eigenvalue weighted by atomic mass is 10.1. The minimum atomic E-state index is -1.18. The Hall–Kier alpha value is -2.58. The zero-order valence-electron chi connectivity index (χ0n) is 14.9. The molecule has 8 heteroatoms. The van der Waals surface area contributed by atoms with Gasteiger partial charge in [0.15, 0.2) is 5.82 Å². The van der Waals surface area contributed by atoms with Gasteiger partial charge in [0.05, 0.1) is 23.3 Å². The van der Waals surface area contributed by atoms with E-state index in [1.165, 1.54) is 0 Å². The van der Waals surface area contributed by atoms with Gasteiger partial charge >= 0.3 is 5.69 Å². The van der Waals surface area contributed by atoms with Crippen LogP contribution in [0.3, 0.4) is 0 Å². The zero-order valence-corrected chi connectivity index (χ0v) is 14.9. The van der Waals surface area contributed by atoms with Crippen LogP contribution in [0.1, 0.15) is 17.5 Å². The highest BCUT2D eigenvalue weighted by Gasteiger charge is 2.32. The summed E-state index contributed by atoms with van der Waals surface area (Å²) >= 11 is 0. The lowest BCUT2D eigenvalue weighted by Crippen LogP contribution is -2.34. The topological polar surface area (TPSA) is 69.9 Å². The molecule has 1 aliphatic rings. The maximum Gasteiger partial charge on any atom is 0.308 e. The predicted molar refractivity (Wildman–Crippen MR) is 97.5 cm³/mol. The second-order valence-corrected chi connectivity index (χ2v) is 6.72. The van der Waals surface area contributed by atoms with Gasteiger partial charge in [-0.3, -0.25) is 15.0 Å². The molecule has 144 valence electrons. The molecule has 0 aromatic heterocycles. The number of halogens is 2. The van der Waals surface area contributed by atoms with Gasteiger partial charge in [-0.2, -0.15) is 4.39 Å². The molecule has 1 saturated heterocycles. The highest BCUT2D eigenvalue weighted by Crippen LogP contribution is 2.35. The number of nitrogens with zero attached hydrogens (tertiary/aromatic N) is 3. The summed E-state index contributed by atoms with van der Waals surface area (Å²) in [5.41, 5.74) is -0.261. The van der Waals surface area contributed by atoms with Crippen LogP contribution in [0.25, 0.3) is 0 Å². The largest absolute Gasteiger partial charge is 0.391 e. The van der Waals surface area contributed by atoms with Crippen LogP contribution in [0.5, 0.6) is 0 Å². The number of aliphatic hydroxyl groups is 1. The number of benzene rings is 2. The second-order valence-electron chi connectivity index (χ2n) is 6.72. The Labute approximate surface area is 155 Å². The first kappa shape index (κ1) is 19.2. The fraction of sp³-hybridized carbons (Fsp3) is 0.368. The molecule has 0 saturated carbocycles. The van der Waals surface area contributed by atoms with Gasteiger partial charge in [-0.15, -0.1) is 0 Å². The summed E-state index contributed by atoms with van der Waals surface area (Å²) in [7, 11) is 1.97. The Kier molecular flexibility index (Phi) is 5.67. The number of nitro groups is 1. The van der Waals surface area contributed by atoms with Crippen LogP contribution < -0.4 is 4.90 Å². The maximum atomic E-state index is 14.5. The monoisotopic (exact) mass is 377 g/mol. The lowest BCUT2D eigenvalue weighted by Gasteiger charge is -2.26. The summed E-state index contributed by atoms with van der Waals surface area (Å²) in [6.07, 6.45) is 0.742. The van der Waals surface area contributed by atoms with Crippen LogP contribution in [0, 0.1) is 21.7 Å². The highest BCUT2D eigenvalue weighted by molar-refractivity contribution is 5.60. The fourth-order valence-electron chi connectivity index (χ4n) is 3.58. The minimum absolute atomic E-state index is 0.0868. The van der Waals surface area contributed by atoms with Crippen molar-refractivity contribution >= 4 is 11.4 Å². The third kappa shape index (κ3) is 3.91. The molecule has 0 aliphatic carbocycles. The molecule has 1 aliphatic heterocycles. The van der Waals surface area contributed by atoms with E-state index >= 15 is 0 Å². The first-order valence-corrected chi connectivity index (χ1v) is 8.67. The van der Waals surface area contributed by atoms with Crippen LogP contribution in [0.4, 0.5) is 20.2 Å². The van der Waals surface area contributed by atoms with Crippen molar-refractivity contribution in [1.29, 1.82) is 0 Å². The van der Waals surface area contributed by atoms with E-state index in [9.17, 15) is 24.0 Å². The second kappa shape index (κ2) is 7.98. The van der Waals surface area contributed by atoms with Gasteiger partial charge in [-0.25, -0.2) is 4.39 Å². The van der Waals surface area contributed by atoms with Gasteiger partial charge in [0.25, 0.3) is 0 Å². The van der Waals surface area contributed by atoms with Crippen LogP contribution in [0.15, 0.2) is 36.4 Å². The number of rotatable bonds is 6. The maximum absolute atomic E-state index is 14.5. The molecule has 2 aromatic carbocycles. The zero-order chi connectivity index (χ0) is 19.6. The van der Waals surface area contributed by atoms with E-state index in [1.54, 1.807) is 4.90 Å². The van der Waals surface area contributed by atoms with Crippen LogP contribution in [-0.2, 0) is 13.2 Å². The van der Waals surface area contributed by atoms with Gasteiger partial charge in [-0.05, 0) is 19.0 Å². The summed E-state index contributed by atoms with van der Waals surface area (Å²) in [5.74, 6) is -2.07. The molecule has 3 rings (SSSR count). The molecule has 0 radical (unpaired) electrons. The molecule has 1 fully saturated rings. The first-order valence-electron chi connectivity index (χ1n) is 8.67. The van der Waals surface area contributed by atoms with E-state index in [0.717, 1.165) is 18.5 Å². The molecule has 0 spiro atoms. The third-order valence-corrected chi connectivity index (χ3v) is 5.00. The van der Waals surface area contributed by atoms with Gasteiger partial charge in [0.1, 0.15) is 0 Å². The molecule has 0 bridgehead atoms. The summed E-state index contributed by atoms with van der Waals surface area (Å²) in [5, 5.41) is 20.4. The smallest absolute Gasteiger partial charge is 0.308 e. The Morgan fingerprint density at radius 2 is 2.04 bits per heavy atom. The summed E-state index contributed by atoms with van der Waals surface area (Å²) in [6.45, 7) is 0.847. The van der Waals surface area contributed by atoms with Crippen molar-refractivity contribution in [3.63, 3.8) is 0 Å². The molecule has 2 aromatic rings. The summed E-state index contributed by atoms with van der Waals surface area (Å²) in [6, 6.07) is 10.6. The molecule has 1 unspecified atom stereocenters. The Bertz CT molecular complexity index is 833. The van der Waals surface area contributed by atoms with Crippen molar-refractivity contribution in [1.82, 2.24) is 4.90 Å². The van der Waals surface area contributed by atoms with E-state index in [0.29, 0.717) is 19.2 Å². The number of likely N-dealkylation sites (N-methyl/N-ethyl adjacent to an activating group) is 1. The first-order chi connectivity index (χ1) is 12.9.